The number of amides is 1. The lowest BCUT2D eigenvalue weighted by molar-refractivity contribution is -0.141. The molecule has 0 radical (unpaired) electrons. The topological polar surface area (TPSA) is 58.1 Å². The predicted octanol–water partition coefficient (Wildman–Crippen LogP) is 3.02. The highest BCUT2D eigenvalue weighted by Gasteiger charge is 2.33. The molecule has 0 aliphatic carbocycles. The number of nitrogens with zero attached hydrogens (tertiary/aromatic N) is 3. The zero-order chi connectivity index (χ0) is 17.9. The molecule has 0 saturated heterocycles. The number of rotatable bonds is 4. The average molecular weight is 342 g/mol. The number of carbonyl (C=O) groups is 1. The monoisotopic (exact) mass is 342 g/mol. The fraction of sp³-hybridized carbons (Fsp3) is 0.267. The Bertz CT molecular complexity index is 731. The van der Waals surface area contributed by atoms with E-state index in [4.69, 9.17) is 0 Å². The van der Waals surface area contributed by atoms with Gasteiger partial charge in [0, 0.05) is 18.4 Å². The van der Waals surface area contributed by atoms with E-state index in [0.29, 0.717) is 5.69 Å². The molecule has 1 aromatic carbocycles. The van der Waals surface area contributed by atoms with Crippen LogP contribution in [0, 0.1) is 12.7 Å². The van der Waals surface area contributed by atoms with Gasteiger partial charge < -0.3 is 10.2 Å². The number of halogens is 4. The Hall–Kier alpha value is -2.71. The second-order valence-electron chi connectivity index (χ2n) is 5.00. The Morgan fingerprint density at radius 3 is 2.42 bits per heavy atom. The van der Waals surface area contributed by atoms with Crippen molar-refractivity contribution in [3.63, 3.8) is 0 Å². The van der Waals surface area contributed by atoms with Gasteiger partial charge in [-0.2, -0.15) is 13.2 Å². The van der Waals surface area contributed by atoms with Gasteiger partial charge in [0.25, 0.3) is 0 Å². The lowest BCUT2D eigenvalue weighted by Gasteiger charge is -2.18. The SMILES string of the molecule is Cc1cc(C(F)(F)F)nc(NCC(=O)N(C)c2ccc(F)cc2)n1. The van der Waals surface area contributed by atoms with Crippen LogP contribution in [-0.4, -0.2) is 29.5 Å². The largest absolute Gasteiger partial charge is 0.433 e. The number of hydrogen-bond donors (Lipinski definition) is 1. The first kappa shape index (κ1) is 17.6. The third-order valence-electron chi connectivity index (χ3n) is 3.13. The van der Waals surface area contributed by atoms with E-state index in [0.717, 1.165) is 6.07 Å². The van der Waals surface area contributed by atoms with Crippen LogP contribution in [0.25, 0.3) is 0 Å². The molecule has 0 bridgehead atoms. The van der Waals surface area contributed by atoms with Gasteiger partial charge in [0.05, 0.1) is 6.54 Å². The molecule has 0 saturated carbocycles. The summed E-state index contributed by atoms with van der Waals surface area (Å²) in [6.07, 6.45) is -4.60. The van der Waals surface area contributed by atoms with E-state index in [1.807, 2.05) is 0 Å². The summed E-state index contributed by atoms with van der Waals surface area (Å²) >= 11 is 0. The van der Waals surface area contributed by atoms with Crippen molar-refractivity contribution in [2.75, 3.05) is 23.8 Å². The predicted molar refractivity (Wildman–Crippen MR) is 80.1 cm³/mol. The van der Waals surface area contributed by atoms with E-state index in [9.17, 15) is 22.4 Å². The summed E-state index contributed by atoms with van der Waals surface area (Å²) in [6.45, 7) is 1.09. The van der Waals surface area contributed by atoms with E-state index in [-0.39, 0.29) is 18.2 Å². The van der Waals surface area contributed by atoms with Crippen molar-refractivity contribution < 1.29 is 22.4 Å². The van der Waals surface area contributed by atoms with Crippen LogP contribution in [0.4, 0.5) is 29.2 Å². The van der Waals surface area contributed by atoms with Crippen molar-refractivity contribution in [2.45, 2.75) is 13.1 Å². The minimum Gasteiger partial charge on any atom is -0.345 e. The molecule has 128 valence electrons. The normalized spacial score (nSPS) is 11.2. The number of alkyl halides is 3. The van der Waals surface area contributed by atoms with Crippen molar-refractivity contribution in [2.24, 2.45) is 0 Å². The smallest absolute Gasteiger partial charge is 0.345 e. The number of anilines is 2. The fourth-order valence-electron chi connectivity index (χ4n) is 1.87. The van der Waals surface area contributed by atoms with Crippen LogP contribution in [0.2, 0.25) is 0 Å². The first-order chi connectivity index (χ1) is 11.2. The third kappa shape index (κ3) is 4.40. The molecular weight excluding hydrogens is 328 g/mol. The molecule has 0 fully saturated rings. The first-order valence-electron chi connectivity index (χ1n) is 6.85. The van der Waals surface area contributed by atoms with Crippen LogP contribution in [0.3, 0.4) is 0 Å². The van der Waals surface area contributed by atoms with Crippen LogP contribution < -0.4 is 10.2 Å². The zero-order valence-corrected chi connectivity index (χ0v) is 12.9. The summed E-state index contributed by atoms with van der Waals surface area (Å²) in [5.74, 6) is -1.17. The first-order valence-corrected chi connectivity index (χ1v) is 6.85. The maximum absolute atomic E-state index is 12.9. The van der Waals surface area contributed by atoms with Crippen LogP contribution in [0.1, 0.15) is 11.4 Å². The Morgan fingerprint density at radius 2 is 1.83 bits per heavy atom. The maximum Gasteiger partial charge on any atom is 0.433 e. The molecule has 0 aliphatic rings. The van der Waals surface area contributed by atoms with Gasteiger partial charge in [0.1, 0.15) is 11.5 Å². The molecule has 0 unspecified atom stereocenters. The average Bonchev–Trinajstić information content (AvgIpc) is 2.51. The molecular formula is C15H14F4N4O. The molecule has 24 heavy (non-hydrogen) atoms. The van der Waals surface area contributed by atoms with Crippen molar-refractivity contribution >= 4 is 17.5 Å². The van der Waals surface area contributed by atoms with Crippen molar-refractivity contribution in [3.8, 4) is 0 Å². The van der Waals surface area contributed by atoms with Gasteiger partial charge in [-0.05, 0) is 37.3 Å². The molecule has 1 aromatic heterocycles. The summed E-state index contributed by atoms with van der Waals surface area (Å²) in [5.41, 5.74) is -0.514. The minimum absolute atomic E-state index is 0.124. The summed E-state index contributed by atoms with van der Waals surface area (Å²) in [6, 6.07) is 6.05. The van der Waals surface area contributed by atoms with Crippen molar-refractivity contribution in [3.05, 3.63) is 47.5 Å². The number of likely N-dealkylation sites (N-methyl/N-ethyl adjacent to an activating group) is 1. The van der Waals surface area contributed by atoms with E-state index >= 15 is 0 Å². The Balaban J connectivity index is 2.06. The van der Waals surface area contributed by atoms with Crippen molar-refractivity contribution in [1.29, 1.82) is 0 Å². The van der Waals surface area contributed by atoms with E-state index in [1.54, 1.807) is 0 Å². The van der Waals surface area contributed by atoms with Gasteiger partial charge in [0.2, 0.25) is 11.9 Å². The van der Waals surface area contributed by atoms with Gasteiger partial charge in [-0.15, -0.1) is 0 Å². The second-order valence-corrected chi connectivity index (χ2v) is 5.00. The van der Waals surface area contributed by atoms with Gasteiger partial charge in [-0.25, -0.2) is 14.4 Å². The molecule has 0 aliphatic heterocycles. The molecule has 0 atom stereocenters. The summed E-state index contributed by atoms with van der Waals surface area (Å²) in [7, 11) is 1.47. The Labute approximate surface area is 135 Å². The quantitative estimate of drug-likeness (QED) is 0.868. The summed E-state index contributed by atoms with van der Waals surface area (Å²) < 4.78 is 51.0. The van der Waals surface area contributed by atoms with Crippen molar-refractivity contribution in [1.82, 2.24) is 9.97 Å². The number of carbonyl (C=O) groups excluding carboxylic acids is 1. The van der Waals surface area contributed by atoms with Gasteiger partial charge in [0.15, 0.2) is 0 Å². The molecule has 1 heterocycles. The van der Waals surface area contributed by atoms with Crippen LogP contribution in [0.5, 0.6) is 0 Å². The highest BCUT2D eigenvalue weighted by molar-refractivity contribution is 5.95. The number of aromatic nitrogens is 2. The number of hydrogen-bond acceptors (Lipinski definition) is 4. The van der Waals surface area contributed by atoms with Gasteiger partial charge in [-0.1, -0.05) is 0 Å². The minimum atomic E-state index is -4.60. The van der Waals surface area contributed by atoms with Gasteiger partial charge >= 0.3 is 6.18 Å². The molecule has 1 N–H and O–H groups in total. The Kier molecular flexibility index (Phi) is 5.01. The highest BCUT2D eigenvalue weighted by Crippen LogP contribution is 2.28. The molecule has 1 amide bonds. The zero-order valence-electron chi connectivity index (χ0n) is 12.9. The van der Waals surface area contributed by atoms with E-state index < -0.39 is 23.6 Å². The van der Waals surface area contributed by atoms with Crippen LogP contribution in [-0.2, 0) is 11.0 Å². The van der Waals surface area contributed by atoms with Gasteiger partial charge in [-0.3, -0.25) is 4.79 Å². The lowest BCUT2D eigenvalue weighted by Crippen LogP contribution is -2.32. The molecule has 0 spiro atoms. The van der Waals surface area contributed by atoms with E-state index in [2.05, 4.69) is 15.3 Å². The lowest BCUT2D eigenvalue weighted by atomic mass is 10.3. The maximum atomic E-state index is 12.9. The number of nitrogens with one attached hydrogen (secondary N) is 1. The molecule has 2 rings (SSSR count). The summed E-state index contributed by atoms with van der Waals surface area (Å²) in [4.78, 5) is 20.5. The highest BCUT2D eigenvalue weighted by atomic mass is 19.4. The molecule has 5 nitrogen and oxygen atoms in total. The Morgan fingerprint density at radius 1 is 1.21 bits per heavy atom. The van der Waals surface area contributed by atoms with Crippen LogP contribution >= 0.6 is 0 Å². The number of aryl methyl sites for hydroxylation is 1. The molecule has 2 aromatic rings. The second kappa shape index (κ2) is 6.81. The molecule has 9 heteroatoms. The summed E-state index contributed by atoms with van der Waals surface area (Å²) in [5, 5.41) is 2.47. The third-order valence-corrected chi connectivity index (χ3v) is 3.13. The van der Waals surface area contributed by atoms with Crippen LogP contribution in [0.15, 0.2) is 30.3 Å². The standard InChI is InChI=1S/C15H14F4N4O/c1-9-7-12(15(17,18)19)22-14(21-9)20-8-13(24)23(2)11-5-3-10(16)4-6-11/h3-7H,8H2,1-2H3,(H,20,21,22). The fourth-order valence-corrected chi connectivity index (χ4v) is 1.87. The number of benzene rings is 1. The van der Waals surface area contributed by atoms with E-state index in [1.165, 1.54) is 43.1 Å².